The lowest BCUT2D eigenvalue weighted by Crippen LogP contribution is -2.45. The van der Waals surface area contributed by atoms with Crippen LogP contribution in [0.4, 0.5) is 0 Å². The molecule has 0 atom stereocenters. The van der Waals surface area contributed by atoms with E-state index in [2.05, 4.69) is 0 Å². The lowest BCUT2D eigenvalue weighted by atomic mass is 10.2. The summed E-state index contributed by atoms with van der Waals surface area (Å²) in [5, 5.41) is 27.4. The van der Waals surface area contributed by atoms with Crippen molar-refractivity contribution in [1.82, 2.24) is 14.7 Å². The van der Waals surface area contributed by atoms with Gasteiger partial charge in [0, 0.05) is 26.2 Å². The number of benzene rings is 2. The van der Waals surface area contributed by atoms with Gasteiger partial charge in [-0.05, 0) is 11.1 Å². The number of carbonyl (C=O) groups is 5. The topological polar surface area (TPSA) is 174 Å². The summed E-state index contributed by atoms with van der Waals surface area (Å²) in [5.74, 6) is -4.77. The highest BCUT2D eigenvalue weighted by molar-refractivity contribution is 5.75. The molecule has 0 unspecified atom stereocenters. The molecule has 0 aliphatic heterocycles. The van der Waals surface area contributed by atoms with E-state index in [0.717, 1.165) is 11.1 Å². The van der Waals surface area contributed by atoms with E-state index in [1.807, 2.05) is 36.4 Å². The summed E-state index contributed by atoms with van der Waals surface area (Å²) >= 11 is 0. The Labute approximate surface area is 237 Å². The molecule has 222 valence electrons. The van der Waals surface area contributed by atoms with Crippen LogP contribution in [0.25, 0.3) is 0 Å². The largest absolute Gasteiger partial charge is 0.480 e. The Bertz CT molecular complexity index is 1060. The van der Waals surface area contributed by atoms with Crippen molar-refractivity contribution in [2.24, 2.45) is 0 Å². The Morgan fingerprint density at radius 2 is 0.805 bits per heavy atom. The van der Waals surface area contributed by atoms with Crippen molar-refractivity contribution >= 4 is 29.8 Å². The Balaban J connectivity index is 2.02. The standard InChI is InChI=1S/C28H35N3O10/c32-24(33)15-29(11-13-30(16-25(34)35)17-26(36)37)12-14-31(18-27(38)40-20-22-7-3-1-4-8-22)19-28(39)41-21-23-9-5-2-6-10-23/h1-10H,11-21H2,(H,32,33)(H,34,35)(H,36,37). The molecule has 2 aromatic carbocycles. The predicted octanol–water partition coefficient (Wildman–Crippen LogP) is 0.633. The minimum absolute atomic E-state index is 0.0237. The lowest BCUT2D eigenvalue weighted by molar-refractivity contribution is -0.150. The zero-order valence-corrected chi connectivity index (χ0v) is 22.6. The van der Waals surface area contributed by atoms with Crippen LogP contribution in [0.15, 0.2) is 60.7 Å². The van der Waals surface area contributed by atoms with Crippen LogP contribution >= 0.6 is 0 Å². The van der Waals surface area contributed by atoms with Crippen LogP contribution < -0.4 is 0 Å². The van der Waals surface area contributed by atoms with Gasteiger partial charge in [-0.25, -0.2) is 0 Å². The number of hydrogen-bond acceptors (Lipinski definition) is 10. The van der Waals surface area contributed by atoms with Crippen molar-refractivity contribution < 1.29 is 48.8 Å². The smallest absolute Gasteiger partial charge is 0.320 e. The monoisotopic (exact) mass is 573 g/mol. The van der Waals surface area contributed by atoms with Gasteiger partial charge in [-0.3, -0.25) is 38.7 Å². The summed E-state index contributed by atoms with van der Waals surface area (Å²) in [4.78, 5) is 62.9. The highest BCUT2D eigenvalue weighted by atomic mass is 16.5. The molecule has 0 aliphatic rings. The van der Waals surface area contributed by atoms with Crippen molar-refractivity contribution in [2.75, 3.05) is 58.9 Å². The molecule has 41 heavy (non-hydrogen) atoms. The Morgan fingerprint density at radius 1 is 0.488 bits per heavy atom. The fourth-order valence-corrected chi connectivity index (χ4v) is 3.77. The summed E-state index contributed by atoms with van der Waals surface area (Å²) in [6.45, 7) is -1.75. The Morgan fingerprint density at radius 3 is 1.17 bits per heavy atom. The number of carboxylic acids is 3. The average molecular weight is 574 g/mol. The molecule has 0 amide bonds. The van der Waals surface area contributed by atoms with Crippen molar-refractivity contribution in [3.8, 4) is 0 Å². The zero-order valence-electron chi connectivity index (χ0n) is 22.6. The number of hydrogen-bond donors (Lipinski definition) is 3. The van der Waals surface area contributed by atoms with E-state index >= 15 is 0 Å². The van der Waals surface area contributed by atoms with Gasteiger partial charge in [-0.15, -0.1) is 0 Å². The van der Waals surface area contributed by atoms with Gasteiger partial charge in [0.05, 0.1) is 32.7 Å². The fourth-order valence-electron chi connectivity index (χ4n) is 3.77. The number of nitrogens with zero attached hydrogens (tertiary/aromatic N) is 3. The van der Waals surface area contributed by atoms with Crippen molar-refractivity contribution in [1.29, 1.82) is 0 Å². The first-order valence-corrected chi connectivity index (χ1v) is 12.8. The maximum absolute atomic E-state index is 12.6. The van der Waals surface area contributed by atoms with E-state index in [9.17, 15) is 29.1 Å². The predicted molar refractivity (Wildman–Crippen MR) is 145 cm³/mol. The highest BCUT2D eigenvalue weighted by Crippen LogP contribution is 2.04. The van der Waals surface area contributed by atoms with Crippen LogP contribution in [0.5, 0.6) is 0 Å². The maximum Gasteiger partial charge on any atom is 0.320 e. The maximum atomic E-state index is 12.6. The van der Waals surface area contributed by atoms with Crippen LogP contribution in [0.3, 0.4) is 0 Å². The van der Waals surface area contributed by atoms with E-state index in [1.165, 1.54) is 14.7 Å². The molecular formula is C28H35N3O10. The highest BCUT2D eigenvalue weighted by Gasteiger charge is 2.21. The normalized spacial score (nSPS) is 11.0. The molecule has 0 saturated heterocycles. The van der Waals surface area contributed by atoms with E-state index in [0.29, 0.717) is 0 Å². The van der Waals surface area contributed by atoms with Crippen LogP contribution in [-0.2, 0) is 46.7 Å². The molecule has 0 spiro atoms. The summed E-state index contributed by atoms with van der Waals surface area (Å²) in [6, 6.07) is 18.1. The third-order valence-electron chi connectivity index (χ3n) is 5.73. The molecule has 0 radical (unpaired) electrons. The second kappa shape index (κ2) is 18.1. The van der Waals surface area contributed by atoms with Crippen LogP contribution in [0, 0.1) is 0 Å². The zero-order chi connectivity index (χ0) is 30.0. The molecule has 0 bridgehead atoms. The van der Waals surface area contributed by atoms with Gasteiger partial charge in [0.1, 0.15) is 13.2 Å². The molecular weight excluding hydrogens is 538 g/mol. The first-order valence-electron chi connectivity index (χ1n) is 12.8. The molecule has 13 nitrogen and oxygen atoms in total. The number of rotatable bonds is 20. The molecule has 3 N–H and O–H groups in total. The molecule has 0 aromatic heterocycles. The minimum atomic E-state index is -1.22. The quantitative estimate of drug-likeness (QED) is 0.188. The second-order valence-corrected chi connectivity index (χ2v) is 9.17. The van der Waals surface area contributed by atoms with E-state index < -0.39 is 49.5 Å². The second-order valence-electron chi connectivity index (χ2n) is 9.17. The van der Waals surface area contributed by atoms with Gasteiger partial charge < -0.3 is 24.8 Å². The van der Waals surface area contributed by atoms with Crippen molar-refractivity contribution in [3.05, 3.63) is 71.8 Å². The van der Waals surface area contributed by atoms with Gasteiger partial charge in [-0.2, -0.15) is 0 Å². The SMILES string of the molecule is O=C(O)CN(CCN(CC(=O)O)CC(=O)O)CCN(CC(=O)OCc1ccccc1)CC(=O)OCc1ccccc1. The summed E-state index contributed by atoms with van der Waals surface area (Å²) in [7, 11) is 0. The van der Waals surface area contributed by atoms with Crippen LogP contribution in [0.2, 0.25) is 0 Å². The van der Waals surface area contributed by atoms with Crippen molar-refractivity contribution in [2.45, 2.75) is 13.2 Å². The van der Waals surface area contributed by atoms with Crippen molar-refractivity contribution in [3.63, 3.8) is 0 Å². The van der Waals surface area contributed by atoms with E-state index in [1.54, 1.807) is 24.3 Å². The Kier molecular flexibility index (Phi) is 14.5. The molecule has 2 aromatic rings. The molecule has 0 heterocycles. The number of esters is 2. The number of carbonyl (C=O) groups excluding carboxylic acids is 2. The summed E-state index contributed by atoms with van der Waals surface area (Å²) in [6.07, 6.45) is 0. The average Bonchev–Trinajstić information content (AvgIpc) is 2.92. The molecule has 2 rings (SSSR count). The third kappa shape index (κ3) is 15.1. The Hall–Kier alpha value is -4.33. The van der Waals surface area contributed by atoms with Gasteiger partial charge in [-0.1, -0.05) is 60.7 Å². The van der Waals surface area contributed by atoms with Gasteiger partial charge in [0.15, 0.2) is 0 Å². The van der Waals surface area contributed by atoms with E-state index in [-0.39, 0.29) is 52.5 Å². The van der Waals surface area contributed by atoms with Crippen LogP contribution in [-0.4, -0.2) is 119 Å². The van der Waals surface area contributed by atoms with Gasteiger partial charge >= 0.3 is 29.8 Å². The fraction of sp³-hybridized carbons (Fsp3) is 0.393. The number of aliphatic carboxylic acids is 3. The molecule has 13 heteroatoms. The lowest BCUT2D eigenvalue weighted by Gasteiger charge is -2.27. The summed E-state index contributed by atoms with van der Waals surface area (Å²) < 4.78 is 10.7. The molecule has 0 fully saturated rings. The number of ether oxygens (including phenoxy) is 2. The minimum Gasteiger partial charge on any atom is -0.480 e. The van der Waals surface area contributed by atoms with Gasteiger partial charge in [0.2, 0.25) is 0 Å². The van der Waals surface area contributed by atoms with E-state index in [4.69, 9.17) is 19.7 Å². The summed E-state index contributed by atoms with van der Waals surface area (Å²) in [5.41, 5.74) is 1.57. The molecule has 0 saturated carbocycles. The first-order chi connectivity index (χ1) is 19.6. The number of carboxylic acid groups (broad SMARTS) is 3. The third-order valence-corrected chi connectivity index (χ3v) is 5.73. The van der Waals surface area contributed by atoms with Gasteiger partial charge in [0.25, 0.3) is 0 Å². The first kappa shape index (κ1) is 32.9. The molecule has 0 aliphatic carbocycles. The van der Waals surface area contributed by atoms with Crippen LogP contribution in [0.1, 0.15) is 11.1 Å².